The summed E-state index contributed by atoms with van der Waals surface area (Å²) in [6.45, 7) is 1.03. The number of ether oxygens (including phenoxy) is 1. The first kappa shape index (κ1) is 19.4. The highest BCUT2D eigenvalue weighted by atomic mass is 19.1. The fraction of sp³-hybridized carbons (Fsp3) is 0.182. The Hall–Kier alpha value is -3.41. The van der Waals surface area contributed by atoms with Gasteiger partial charge in [0.2, 0.25) is 0 Å². The van der Waals surface area contributed by atoms with Gasteiger partial charge in [0.1, 0.15) is 17.4 Å². The molecule has 2 N–H and O–H groups in total. The minimum Gasteiger partial charge on any atom is -0.496 e. The van der Waals surface area contributed by atoms with E-state index in [0.717, 1.165) is 16.9 Å². The summed E-state index contributed by atoms with van der Waals surface area (Å²) >= 11 is 0. The van der Waals surface area contributed by atoms with Gasteiger partial charge in [-0.05, 0) is 47.9 Å². The predicted octanol–water partition coefficient (Wildman–Crippen LogP) is 3.81. The van der Waals surface area contributed by atoms with Crippen LogP contribution in [0.5, 0.6) is 5.75 Å². The molecule has 0 aliphatic heterocycles. The molecule has 1 amide bonds. The molecule has 0 spiro atoms. The molecule has 0 atom stereocenters. The number of hydrogen-bond donors (Lipinski definition) is 2. The molecule has 0 aliphatic rings. The number of benzene rings is 2. The Kier molecular flexibility index (Phi) is 6.57. The highest BCUT2D eigenvalue weighted by molar-refractivity contribution is 5.94. The lowest BCUT2D eigenvalue weighted by Crippen LogP contribution is -2.25. The largest absolute Gasteiger partial charge is 0.496 e. The van der Waals surface area contributed by atoms with Crippen LogP contribution >= 0.6 is 0 Å². The normalized spacial score (nSPS) is 10.4. The molecule has 3 aromatic rings. The second-order valence-electron chi connectivity index (χ2n) is 6.23. The van der Waals surface area contributed by atoms with E-state index in [9.17, 15) is 9.18 Å². The van der Waals surface area contributed by atoms with Gasteiger partial charge in [0.25, 0.3) is 5.91 Å². The van der Waals surface area contributed by atoms with Gasteiger partial charge in [-0.1, -0.05) is 30.3 Å². The first-order chi connectivity index (χ1) is 13.7. The van der Waals surface area contributed by atoms with Crippen LogP contribution in [-0.2, 0) is 13.0 Å². The lowest BCUT2D eigenvalue weighted by molar-refractivity contribution is 0.0953. The summed E-state index contributed by atoms with van der Waals surface area (Å²) in [7, 11) is 1.63. The number of carbonyl (C=O) groups is 1. The van der Waals surface area contributed by atoms with Crippen LogP contribution in [0, 0.1) is 5.82 Å². The van der Waals surface area contributed by atoms with Crippen molar-refractivity contribution in [1.82, 2.24) is 10.3 Å². The zero-order valence-corrected chi connectivity index (χ0v) is 15.6. The Morgan fingerprint density at radius 3 is 2.57 bits per heavy atom. The third-order valence-corrected chi connectivity index (χ3v) is 4.28. The number of aromatic nitrogens is 1. The SMILES string of the molecule is COc1ccccc1CCNC(=O)c1ccc(NCc2ccc(F)cc2)nc1. The highest BCUT2D eigenvalue weighted by Crippen LogP contribution is 2.17. The number of amides is 1. The van der Waals surface area contributed by atoms with Crippen molar-refractivity contribution in [1.29, 1.82) is 0 Å². The van der Waals surface area contributed by atoms with Crippen LogP contribution in [0.2, 0.25) is 0 Å². The molecule has 0 aliphatic carbocycles. The average Bonchev–Trinajstić information content (AvgIpc) is 2.74. The van der Waals surface area contributed by atoms with Crippen molar-refractivity contribution in [3.63, 3.8) is 0 Å². The number of hydrogen-bond acceptors (Lipinski definition) is 4. The minimum absolute atomic E-state index is 0.174. The van der Waals surface area contributed by atoms with E-state index >= 15 is 0 Å². The van der Waals surface area contributed by atoms with E-state index in [4.69, 9.17) is 4.74 Å². The fourth-order valence-electron chi connectivity index (χ4n) is 2.75. The number of carbonyl (C=O) groups excluding carboxylic acids is 1. The Labute approximate surface area is 163 Å². The van der Waals surface area contributed by atoms with Crippen LogP contribution < -0.4 is 15.4 Å². The summed E-state index contributed by atoms with van der Waals surface area (Å²) in [5.41, 5.74) is 2.48. The van der Waals surface area contributed by atoms with E-state index < -0.39 is 0 Å². The van der Waals surface area contributed by atoms with Gasteiger partial charge in [0.05, 0.1) is 12.7 Å². The van der Waals surface area contributed by atoms with Gasteiger partial charge in [-0.25, -0.2) is 9.37 Å². The van der Waals surface area contributed by atoms with Crippen molar-refractivity contribution in [3.8, 4) is 5.75 Å². The Morgan fingerprint density at radius 2 is 1.86 bits per heavy atom. The summed E-state index contributed by atoms with van der Waals surface area (Å²) in [6.07, 6.45) is 2.21. The van der Waals surface area contributed by atoms with Gasteiger partial charge in [0.15, 0.2) is 0 Å². The van der Waals surface area contributed by atoms with Crippen LogP contribution in [0.4, 0.5) is 10.2 Å². The molecule has 0 unspecified atom stereocenters. The van der Waals surface area contributed by atoms with Gasteiger partial charge in [-0.2, -0.15) is 0 Å². The quantitative estimate of drug-likeness (QED) is 0.625. The molecule has 5 nitrogen and oxygen atoms in total. The maximum atomic E-state index is 12.9. The van der Waals surface area contributed by atoms with Crippen LogP contribution in [0.15, 0.2) is 66.9 Å². The van der Waals surface area contributed by atoms with Crippen LogP contribution in [0.1, 0.15) is 21.5 Å². The number of anilines is 1. The Bertz CT molecular complexity index is 912. The number of rotatable bonds is 8. The number of para-hydroxylation sites is 1. The second-order valence-corrected chi connectivity index (χ2v) is 6.23. The number of halogens is 1. The van der Waals surface area contributed by atoms with Crippen LogP contribution in [-0.4, -0.2) is 24.5 Å². The zero-order chi connectivity index (χ0) is 19.8. The molecule has 6 heteroatoms. The van der Waals surface area contributed by atoms with Gasteiger partial charge in [0, 0.05) is 19.3 Å². The van der Waals surface area contributed by atoms with E-state index in [1.165, 1.54) is 18.3 Å². The van der Waals surface area contributed by atoms with Crippen molar-refractivity contribution >= 4 is 11.7 Å². The molecule has 1 aromatic heterocycles. The molecule has 0 radical (unpaired) electrons. The van der Waals surface area contributed by atoms with E-state index in [2.05, 4.69) is 15.6 Å². The maximum absolute atomic E-state index is 12.9. The average molecular weight is 379 g/mol. The maximum Gasteiger partial charge on any atom is 0.252 e. The standard InChI is InChI=1S/C22H22FN3O2/c1-28-20-5-3-2-4-17(20)12-13-24-22(27)18-8-11-21(26-15-18)25-14-16-6-9-19(23)10-7-16/h2-11,15H,12-14H2,1H3,(H,24,27)(H,25,26). The smallest absolute Gasteiger partial charge is 0.252 e. The van der Waals surface area contributed by atoms with Crippen molar-refractivity contribution in [2.24, 2.45) is 0 Å². The summed E-state index contributed by atoms with van der Waals surface area (Å²) < 4.78 is 18.2. The Balaban J connectivity index is 1.48. The van der Waals surface area contributed by atoms with Crippen molar-refractivity contribution in [2.75, 3.05) is 19.0 Å². The summed E-state index contributed by atoms with van der Waals surface area (Å²) in [5.74, 6) is 1.03. The summed E-state index contributed by atoms with van der Waals surface area (Å²) in [5, 5.41) is 6.04. The second kappa shape index (κ2) is 9.50. The monoisotopic (exact) mass is 379 g/mol. The lowest BCUT2D eigenvalue weighted by Gasteiger charge is -2.10. The van der Waals surface area contributed by atoms with Crippen LogP contribution in [0.25, 0.3) is 0 Å². The predicted molar refractivity (Wildman–Crippen MR) is 107 cm³/mol. The highest BCUT2D eigenvalue weighted by Gasteiger charge is 2.07. The molecule has 3 rings (SSSR count). The molecule has 28 heavy (non-hydrogen) atoms. The van der Waals surface area contributed by atoms with Crippen molar-refractivity contribution in [3.05, 3.63) is 89.4 Å². The zero-order valence-electron chi connectivity index (χ0n) is 15.6. The van der Waals surface area contributed by atoms with Gasteiger partial charge < -0.3 is 15.4 Å². The Morgan fingerprint density at radius 1 is 1.07 bits per heavy atom. The molecule has 0 fully saturated rings. The molecule has 0 bridgehead atoms. The lowest BCUT2D eigenvalue weighted by atomic mass is 10.1. The van der Waals surface area contributed by atoms with Gasteiger partial charge in [-0.3, -0.25) is 4.79 Å². The topological polar surface area (TPSA) is 63.2 Å². The molecule has 1 heterocycles. The van der Waals surface area contributed by atoms with Crippen molar-refractivity contribution < 1.29 is 13.9 Å². The van der Waals surface area contributed by atoms with Gasteiger partial charge >= 0.3 is 0 Å². The van der Waals surface area contributed by atoms with E-state index in [-0.39, 0.29) is 11.7 Å². The number of nitrogens with zero attached hydrogens (tertiary/aromatic N) is 1. The first-order valence-corrected chi connectivity index (χ1v) is 9.00. The third kappa shape index (κ3) is 5.30. The molecule has 0 saturated carbocycles. The number of nitrogens with one attached hydrogen (secondary N) is 2. The molecular weight excluding hydrogens is 357 g/mol. The molecular formula is C22H22FN3O2. The first-order valence-electron chi connectivity index (χ1n) is 9.00. The van der Waals surface area contributed by atoms with Crippen LogP contribution in [0.3, 0.4) is 0 Å². The summed E-state index contributed by atoms with van der Waals surface area (Å²) in [6, 6.07) is 17.5. The van der Waals surface area contributed by atoms with Gasteiger partial charge in [-0.15, -0.1) is 0 Å². The molecule has 2 aromatic carbocycles. The van der Waals surface area contributed by atoms with E-state index in [0.29, 0.717) is 30.9 Å². The van der Waals surface area contributed by atoms with E-state index in [1.807, 2.05) is 24.3 Å². The molecule has 0 saturated heterocycles. The minimum atomic E-state index is -0.261. The summed E-state index contributed by atoms with van der Waals surface area (Å²) in [4.78, 5) is 16.5. The third-order valence-electron chi connectivity index (χ3n) is 4.28. The molecule has 144 valence electrons. The number of methoxy groups -OCH3 is 1. The van der Waals surface area contributed by atoms with E-state index in [1.54, 1.807) is 31.4 Å². The fourth-order valence-corrected chi connectivity index (χ4v) is 2.75. The van der Waals surface area contributed by atoms with Crippen molar-refractivity contribution in [2.45, 2.75) is 13.0 Å². The number of pyridine rings is 1.